The van der Waals surface area contributed by atoms with Crippen LogP contribution in [0.2, 0.25) is 0 Å². The zero-order valence-electron chi connectivity index (χ0n) is 10.1. The largest absolute Gasteiger partial charge is 0.346 e. The highest BCUT2D eigenvalue weighted by Gasteiger charge is 2.25. The average molecular weight is 242 g/mol. The molecule has 0 heterocycles. The molecule has 5 heteroatoms. The predicted octanol–water partition coefficient (Wildman–Crippen LogP) is 1.66. The molecule has 94 valence electrons. The van der Waals surface area contributed by atoms with Crippen LogP contribution in [0.4, 0.5) is 8.78 Å². The number of nitrogens with two attached hydrogens (primary N) is 1. The first-order valence-electron chi connectivity index (χ1n) is 5.27. The molecule has 0 bridgehead atoms. The van der Waals surface area contributed by atoms with Crippen molar-refractivity contribution in [2.24, 2.45) is 5.73 Å². The number of carbonyl (C=O) groups excluding carboxylic acids is 1. The van der Waals surface area contributed by atoms with E-state index in [1.807, 2.05) is 0 Å². The van der Waals surface area contributed by atoms with E-state index >= 15 is 0 Å². The molecule has 0 aromatic heterocycles. The molecule has 0 unspecified atom stereocenters. The van der Waals surface area contributed by atoms with Crippen molar-refractivity contribution in [3.05, 3.63) is 35.4 Å². The van der Waals surface area contributed by atoms with Crippen molar-refractivity contribution in [3.8, 4) is 0 Å². The second-order valence-corrected chi connectivity index (χ2v) is 4.53. The van der Waals surface area contributed by atoms with E-state index in [0.717, 1.165) is 12.1 Å². The topological polar surface area (TPSA) is 55.1 Å². The molecule has 0 spiro atoms. The molecular weight excluding hydrogens is 226 g/mol. The zero-order chi connectivity index (χ0) is 13.2. The van der Waals surface area contributed by atoms with E-state index in [0.29, 0.717) is 5.56 Å². The SMILES string of the molecule is C[C@H](N)C(=O)NC(C)(C)c1ccc(F)c(F)c1. The second-order valence-electron chi connectivity index (χ2n) is 4.53. The number of hydrogen-bond donors (Lipinski definition) is 2. The Morgan fingerprint density at radius 1 is 1.35 bits per heavy atom. The smallest absolute Gasteiger partial charge is 0.237 e. The van der Waals surface area contributed by atoms with Gasteiger partial charge in [0, 0.05) is 0 Å². The maximum absolute atomic E-state index is 13.1. The van der Waals surface area contributed by atoms with Crippen LogP contribution in [0.5, 0.6) is 0 Å². The molecule has 0 saturated carbocycles. The van der Waals surface area contributed by atoms with E-state index in [1.165, 1.54) is 6.07 Å². The summed E-state index contributed by atoms with van der Waals surface area (Å²) in [4.78, 5) is 11.5. The Hall–Kier alpha value is -1.49. The summed E-state index contributed by atoms with van der Waals surface area (Å²) in [6, 6.07) is 2.88. The standard InChI is InChI=1S/C12H16F2N2O/c1-7(15)11(17)16-12(2,3)8-4-5-9(13)10(14)6-8/h4-7H,15H2,1-3H3,(H,16,17)/t7-/m0/s1. The molecule has 17 heavy (non-hydrogen) atoms. The van der Waals surface area contributed by atoms with Gasteiger partial charge in [-0.1, -0.05) is 6.07 Å². The maximum Gasteiger partial charge on any atom is 0.237 e. The van der Waals surface area contributed by atoms with Crippen LogP contribution < -0.4 is 11.1 Å². The quantitative estimate of drug-likeness (QED) is 0.847. The minimum atomic E-state index is -0.939. The minimum Gasteiger partial charge on any atom is -0.346 e. The molecule has 0 saturated heterocycles. The number of benzene rings is 1. The van der Waals surface area contributed by atoms with Gasteiger partial charge in [-0.3, -0.25) is 4.79 Å². The predicted molar refractivity (Wildman–Crippen MR) is 61.2 cm³/mol. The molecule has 0 aliphatic carbocycles. The van der Waals surface area contributed by atoms with E-state index in [1.54, 1.807) is 20.8 Å². The van der Waals surface area contributed by atoms with Crippen LogP contribution in [-0.4, -0.2) is 11.9 Å². The number of rotatable bonds is 3. The van der Waals surface area contributed by atoms with E-state index in [2.05, 4.69) is 5.32 Å². The molecule has 0 fully saturated rings. The van der Waals surface area contributed by atoms with Gasteiger partial charge in [-0.05, 0) is 38.5 Å². The van der Waals surface area contributed by atoms with Crippen molar-refractivity contribution in [1.82, 2.24) is 5.32 Å². The van der Waals surface area contributed by atoms with Crippen molar-refractivity contribution in [2.75, 3.05) is 0 Å². The molecule has 0 aliphatic rings. The second kappa shape index (κ2) is 4.79. The molecule has 1 aromatic rings. The number of hydrogen-bond acceptors (Lipinski definition) is 2. The van der Waals surface area contributed by atoms with E-state index < -0.39 is 23.2 Å². The fraction of sp³-hybridized carbons (Fsp3) is 0.417. The van der Waals surface area contributed by atoms with Crippen LogP contribution in [0.1, 0.15) is 26.3 Å². The Kier molecular flexibility index (Phi) is 3.83. The van der Waals surface area contributed by atoms with E-state index in [9.17, 15) is 13.6 Å². The van der Waals surface area contributed by atoms with E-state index in [-0.39, 0.29) is 5.91 Å². The third-order valence-electron chi connectivity index (χ3n) is 2.49. The first-order chi connectivity index (χ1) is 7.74. The highest BCUT2D eigenvalue weighted by molar-refractivity contribution is 5.81. The summed E-state index contributed by atoms with van der Waals surface area (Å²) < 4.78 is 25.9. The lowest BCUT2D eigenvalue weighted by molar-refractivity contribution is -0.123. The van der Waals surface area contributed by atoms with Gasteiger partial charge in [-0.25, -0.2) is 8.78 Å². The Labute approximate surface area is 99.0 Å². The van der Waals surface area contributed by atoms with Crippen LogP contribution in [0.25, 0.3) is 0 Å². The van der Waals surface area contributed by atoms with E-state index in [4.69, 9.17) is 5.73 Å². The van der Waals surface area contributed by atoms with Gasteiger partial charge in [0.05, 0.1) is 11.6 Å². The van der Waals surface area contributed by atoms with Crippen molar-refractivity contribution in [3.63, 3.8) is 0 Å². The first kappa shape index (κ1) is 13.6. The summed E-state index contributed by atoms with van der Waals surface area (Å²) >= 11 is 0. The van der Waals surface area contributed by atoms with Crippen LogP contribution in [0.15, 0.2) is 18.2 Å². The van der Waals surface area contributed by atoms with Crippen LogP contribution in [0.3, 0.4) is 0 Å². The highest BCUT2D eigenvalue weighted by Crippen LogP contribution is 2.22. The number of carbonyl (C=O) groups is 1. The zero-order valence-corrected chi connectivity index (χ0v) is 10.1. The van der Waals surface area contributed by atoms with Crippen molar-refractivity contribution in [2.45, 2.75) is 32.4 Å². The summed E-state index contributed by atoms with van der Waals surface area (Å²) in [6.45, 7) is 4.94. The van der Waals surface area contributed by atoms with Gasteiger partial charge in [0.25, 0.3) is 0 Å². The molecule has 1 aromatic carbocycles. The Morgan fingerprint density at radius 3 is 2.41 bits per heavy atom. The molecule has 1 atom stereocenters. The number of nitrogens with one attached hydrogen (secondary N) is 1. The fourth-order valence-corrected chi connectivity index (χ4v) is 1.38. The number of halogens is 2. The van der Waals surface area contributed by atoms with Gasteiger partial charge in [0.2, 0.25) is 5.91 Å². The Bertz CT molecular complexity index is 431. The van der Waals surface area contributed by atoms with Crippen LogP contribution >= 0.6 is 0 Å². The average Bonchev–Trinajstić information content (AvgIpc) is 2.21. The molecule has 0 aliphatic heterocycles. The highest BCUT2D eigenvalue weighted by atomic mass is 19.2. The van der Waals surface area contributed by atoms with Crippen LogP contribution in [0, 0.1) is 11.6 Å². The molecule has 3 N–H and O–H groups in total. The van der Waals surface area contributed by atoms with Gasteiger partial charge < -0.3 is 11.1 Å². The molecule has 1 rings (SSSR count). The van der Waals surface area contributed by atoms with Gasteiger partial charge in [0.15, 0.2) is 11.6 Å². The maximum atomic E-state index is 13.1. The third-order valence-corrected chi connectivity index (χ3v) is 2.49. The van der Waals surface area contributed by atoms with Gasteiger partial charge in [0.1, 0.15) is 0 Å². The number of amides is 1. The monoisotopic (exact) mass is 242 g/mol. The lowest BCUT2D eigenvalue weighted by Gasteiger charge is -2.28. The van der Waals surface area contributed by atoms with Gasteiger partial charge >= 0.3 is 0 Å². The lowest BCUT2D eigenvalue weighted by Crippen LogP contribution is -2.47. The first-order valence-corrected chi connectivity index (χ1v) is 5.27. The summed E-state index contributed by atoms with van der Waals surface area (Å²) in [7, 11) is 0. The normalized spacial score (nSPS) is 13.3. The summed E-state index contributed by atoms with van der Waals surface area (Å²) in [5, 5.41) is 2.67. The molecular formula is C12H16F2N2O. The lowest BCUT2D eigenvalue weighted by atomic mass is 9.93. The minimum absolute atomic E-state index is 0.347. The van der Waals surface area contributed by atoms with Crippen molar-refractivity contribution >= 4 is 5.91 Å². The summed E-state index contributed by atoms with van der Waals surface area (Å²) in [6.07, 6.45) is 0. The van der Waals surface area contributed by atoms with Gasteiger partial charge in [-0.2, -0.15) is 0 Å². The Balaban J connectivity index is 2.96. The van der Waals surface area contributed by atoms with Gasteiger partial charge in [-0.15, -0.1) is 0 Å². The fourth-order valence-electron chi connectivity index (χ4n) is 1.38. The third kappa shape index (κ3) is 3.23. The molecule has 1 amide bonds. The molecule has 0 radical (unpaired) electrons. The van der Waals surface area contributed by atoms with Crippen LogP contribution in [-0.2, 0) is 10.3 Å². The summed E-state index contributed by atoms with van der Waals surface area (Å²) in [5.74, 6) is -2.20. The van der Waals surface area contributed by atoms with Crippen molar-refractivity contribution in [1.29, 1.82) is 0 Å². The summed E-state index contributed by atoms with van der Waals surface area (Å²) in [5.41, 5.74) is 5.10. The Morgan fingerprint density at radius 2 is 1.94 bits per heavy atom. The molecule has 3 nitrogen and oxygen atoms in total. The van der Waals surface area contributed by atoms with Crippen molar-refractivity contribution < 1.29 is 13.6 Å².